The molecular weight excluding hydrogens is 324 g/mol. The lowest BCUT2D eigenvalue weighted by molar-refractivity contribution is -0.127. The van der Waals surface area contributed by atoms with Crippen LogP contribution in [0.3, 0.4) is 0 Å². The molecule has 0 bridgehead atoms. The zero-order valence-corrected chi connectivity index (χ0v) is 14.6. The van der Waals surface area contributed by atoms with Gasteiger partial charge in [-0.25, -0.2) is 4.98 Å². The van der Waals surface area contributed by atoms with Crippen molar-refractivity contribution < 1.29 is 4.79 Å². The van der Waals surface area contributed by atoms with Crippen LogP contribution >= 0.6 is 0 Å². The number of aromatic amines is 1. The van der Waals surface area contributed by atoms with Crippen molar-refractivity contribution in [2.45, 2.75) is 32.1 Å². The first-order valence-electron chi connectivity index (χ1n) is 8.90. The topological polar surface area (TPSA) is 61.0 Å². The van der Waals surface area contributed by atoms with Crippen LogP contribution in [0.25, 0.3) is 0 Å². The fourth-order valence-electron chi connectivity index (χ4n) is 3.43. The maximum atomic E-state index is 12.9. The number of amides is 1. The Balaban J connectivity index is 1.49. The number of benzene rings is 2. The van der Waals surface area contributed by atoms with E-state index in [4.69, 9.17) is 0 Å². The normalized spacial score (nSPS) is 16.8. The molecule has 2 heterocycles. The Hall–Kier alpha value is -2.92. The van der Waals surface area contributed by atoms with Gasteiger partial charge in [0.1, 0.15) is 0 Å². The maximum absolute atomic E-state index is 12.9. The summed E-state index contributed by atoms with van der Waals surface area (Å²) in [5.74, 6) is 0.0541. The van der Waals surface area contributed by atoms with E-state index in [0.717, 1.165) is 23.5 Å². The standard InChI is InChI=1S/C21H22N4O/c26-21(22-12-16-7-3-1-4-8-16)20-11-18-19(24-15-23-18)14-25(20)13-17-9-5-2-6-10-17/h1-10,15,20H,11-14H2,(H,22,26)(H,23,24)/t20-/m0/s1. The summed E-state index contributed by atoms with van der Waals surface area (Å²) in [6.07, 6.45) is 2.35. The van der Waals surface area contributed by atoms with Crippen molar-refractivity contribution in [2.24, 2.45) is 0 Å². The van der Waals surface area contributed by atoms with Crippen LogP contribution in [0.4, 0.5) is 0 Å². The van der Waals surface area contributed by atoms with Crippen molar-refractivity contribution in [2.75, 3.05) is 0 Å². The number of nitrogens with zero attached hydrogens (tertiary/aromatic N) is 2. The summed E-state index contributed by atoms with van der Waals surface area (Å²) < 4.78 is 0. The third-order valence-electron chi connectivity index (χ3n) is 4.84. The Bertz CT molecular complexity index is 860. The highest BCUT2D eigenvalue weighted by molar-refractivity contribution is 5.82. The van der Waals surface area contributed by atoms with Crippen molar-refractivity contribution in [1.29, 1.82) is 0 Å². The van der Waals surface area contributed by atoms with Crippen LogP contribution in [0.5, 0.6) is 0 Å². The average molecular weight is 346 g/mol. The Kier molecular flexibility index (Phi) is 4.80. The average Bonchev–Trinajstić information content (AvgIpc) is 3.14. The summed E-state index contributed by atoms with van der Waals surface area (Å²) in [6.45, 7) is 1.99. The van der Waals surface area contributed by atoms with E-state index in [9.17, 15) is 4.79 Å². The monoisotopic (exact) mass is 346 g/mol. The van der Waals surface area contributed by atoms with E-state index in [2.05, 4.69) is 32.3 Å². The molecule has 1 aliphatic heterocycles. The third-order valence-corrected chi connectivity index (χ3v) is 4.84. The molecule has 1 aliphatic rings. The van der Waals surface area contributed by atoms with Gasteiger partial charge >= 0.3 is 0 Å². The number of carbonyl (C=O) groups excluding carboxylic acids is 1. The second-order valence-corrected chi connectivity index (χ2v) is 6.64. The van der Waals surface area contributed by atoms with Gasteiger partial charge in [-0.15, -0.1) is 0 Å². The highest BCUT2D eigenvalue weighted by Crippen LogP contribution is 2.23. The van der Waals surface area contributed by atoms with E-state index in [1.54, 1.807) is 6.33 Å². The number of aromatic nitrogens is 2. The van der Waals surface area contributed by atoms with E-state index in [1.165, 1.54) is 5.56 Å². The lowest BCUT2D eigenvalue weighted by atomic mass is 10.0. The molecule has 1 aromatic heterocycles. The van der Waals surface area contributed by atoms with Gasteiger partial charge in [0.15, 0.2) is 0 Å². The molecule has 26 heavy (non-hydrogen) atoms. The molecule has 1 amide bonds. The van der Waals surface area contributed by atoms with Crippen LogP contribution in [0.15, 0.2) is 67.0 Å². The summed E-state index contributed by atoms with van der Waals surface area (Å²) in [5.41, 5.74) is 4.41. The molecule has 0 fully saturated rings. The first-order chi connectivity index (χ1) is 12.8. The molecule has 0 radical (unpaired) electrons. The fraction of sp³-hybridized carbons (Fsp3) is 0.238. The van der Waals surface area contributed by atoms with E-state index in [1.807, 2.05) is 48.5 Å². The van der Waals surface area contributed by atoms with Gasteiger partial charge in [0.2, 0.25) is 5.91 Å². The SMILES string of the molecule is O=C(NCc1ccccc1)[C@@H]1Cc2nc[nH]c2CN1Cc1ccccc1. The predicted octanol–water partition coefficient (Wildman–Crippen LogP) is 2.65. The number of hydrogen-bond donors (Lipinski definition) is 2. The molecule has 5 heteroatoms. The van der Waals surface area contributed by atoms with Crippen LogP contribution in [-0.2, 0) is 30.8 Å². The molecular formula is C21H22N4O. The number of hydrogen-bond acceptors (Lipinski definition) is 3. The minimum Gasteiger partial charge on any atom is -0.351 e. The quantitative estimate of drug-likeness (QED) is 0.747. The van der Waals surface area contributed by atoms with Crippen molar-refractivity contribution in [1.82, 2.24) is 20.2 Å². The molecule has 0 saturated carbocycles. The summed E-state index contributed by atoms with van der Waals surface area (Å²) in [6, 6.07) is 20.1. The van der Waals surface area contributed by atoms with Crippen LogP contribution in [0.1, 0.15) is 22.5 Å². The van der Waals surface area contributed by atoms with Crippen LogP contribution in [0.2, 0.25) is 0 Å². The van der Waals surface area contributed by atoms with Gasteiger partial charge in [-0.2, -0.15) is 0 Å². The number of H-pyrrole nitrogens is 1. The van der Waals surface area contributed by atoms with Gasteiger partial charge < -0.3 is 10.3 Å². The summed E-state index contributed by atoms with van der Waals surface area (Å²) >= 11 is 0. The van der Waals surface area contributed by atoms with E-state index in [-0.39, 0.29) is 11.9 Å². The lowest BCUT2D eigenvalue weighted by Gasteiger charge is -2.34. The summed E-state index contributed by atoms with van der Waals surface area (Å²) in [7, 11) is 0. The first-order valence-corrected chi connectivity index (χ1v) is 8.90. The number of fused-ring (bicyclic) bond motifs is 1. The molecule has 2 aromatic carbocycles. The van der Waals surface area contributed by atoms with E-state index >= 15 is 0 Å². The molecule has 132 valence electrons. The Morgan fingerprint density at radius 1 is 1.08 bits per heavy atom. The van der Waals surface area contributed by atoms with Crippen molar-refractivity contribution >= 4 is 5.91 Å². The van der Waals surface area contributed by atoms with Crippen molar-refractivity contribution in [3.63, 3.8) is 0 Å². The van der Waals surface area contributed by atoms with Gasteiger partial charge in [0.25, 0.3) is 0 Å². The maximum Gasteiger partial charge on any atom is 0.238 e. The summed E-state index contributed by atoms with van der Waals surface area (Å²) in [4.78, 5) is 22.7. The highest BCUT2D eigenvalue weighted by atomic mass is 16.2. The molecule has 0 aliphatic carbocycles. The summed E-state index contributed by atoms with van der Waals surface area (Å²) in [5, 5.41) is 3.09. The van der Waals surface area contributed by atoms with Crippen LogP contribution < -0.4 is 5.32 Å². The second kappa shape index (κ2) is 7.54. The molecule has 2 N–H and O–H groups in total. The number of carbonyl (C=O) groups is 1. The zero-order valence-electron chi connectivity index (χ0n) is 14.6. The Morgan fingerprint density at radius 3 is 2.50 bits per heavy atom. The van der Waals surface area contributed by atoms with Crippen molar-refractivity contribution in [3.05, 3.63) is 89.5 Å². The Morgan fingerprint density at radius 2 is 1.77 bits per heavy atom. The minimum atomic E-state index is -0.213. The van der Waals surface area contributed by atoms with Gasteiger partial charge in [0.05, 0.1) is 23.8 Å². The fourth-order valence-corrected chi connectivity index (χ4v) is 3.43. The van der Waals surface area contributed by atoms with Crippen LogP contribution in [-0.4, -0.2) is 26.8 Å². The molecule has 0 spiro atoms. The molecule has 5 nitrogen and oxygen atoms in total. The van der Waals surface area contributed by atoms with E-state index < -0.39 is 0 Å². The number of nitrogens with one attached hydrogen (secondary N) is 2. The third kappa shape index (κ3) is 3.68. The van der Waals surface area contributed by atoms with Gasteiger partial charge in [0, 0.05) is 26.1 Å². The van der Waals surface area contributed by atoms with E-state index in [0.29, 0.717) is 19.5 Å². The zero-order chi connectivity index (χ0) is 17.8. The number of rotatable bonds is 5. The molecule has 0 unspecified atom stereocenters. The van der Waals surface area contributed by atoms with Gasteiger partial charge in [-0.05, 0) is 11.1 Å². The first kappa shape index (κ1) is 16.5. The largest absolute Gasteiger partial charge is 0.351 e. The minimum absolute atomic E-state index is 0.0541. The van der Waals surface area contributed by atoms with Gasteiger partial charge in [-0.3, -0.25) is 9.69 Å². The molecule has 4 rings (SSSR count). The lowest BCUT2D eigenvalue weighted by Crippen LogP contribution is -2.49. The smallest absolute Gasteiger partial charge is 0.238 e. The second-order valence-electron chi connectivity index (χ2n) is 6.64. The molecule has 1 atom stereocenters. The van der Waals surface area contributed by atoms with Crippen LogP contribution in [0, 0.1) is 0 Å². The Labute approximate surface area is 153 Å². The number of imidazole rings is 1. The van der Waals surface area contributed by atoms with Gasteiger partial charge in [-0.1, -0.05) is 60.7 Å². The predicted molar refractivity (Wildman–Crippen MR) is 100 cm³/mol. The molecule has 0 saturated heterocycles. The van der Waals surface area contributed by atoms with Crippen molar-refractivity contribution in [3.8, 4) is 0 Å². The highest BCUT2D eigenvalue weighted by Gasteiger charge is 2.32. The molecule has 3 aromatic rings.